The van der Waals surface area contributed by atoms with Crippen molar-refractivity contribution in [3.8, 4) is 22.5 Å². The Bertz CT molecular complexity index is 2270. The molecule has 0 bridgehead atoms. The summed E-state index contributed by atoms with van der Waals surface area (Å²) in [6, 6.07) is 19.8. The first-order valence-electron chi connectivity index (χ1n) is 16.9. The summed E-state index contributed by atoms with van der Waals surface area (Å²) in [5.41, 5.74) is 7.26. The van der Waals surface area contributed by atoms with E-state index in [0.717, 1.165) is 33.4 Å². The summed E-state index contributed by atoms with van der Waals surface area (Å²) in [5.74, 6) is -1.86. The van der Waals surface area contributed by atoms with Crippen molar-refractivity contribution in [2.75, 3.05) is 6.61 Å². The zero-order chi connectivity index (χ0) is 38.7. The van der Waals surface area contributed by atoms with Gasteiger partial charge >= 0.3 is 5.97 Å². The third kappa shape index (κ3) is 8.08. The quantitative estimate of drug-likeness (QED) is 0.162. The first-order chi connectivity index (χ1) is 25.8. The molecule has 3 amide bonds. The number of hydrogen-bond acceptors (Lipinski definition) is 9. The molecular weight excluding hydrogens is 733 g/mol. The monoisotopic (exact) mass is 767 g/mol. The van der Waals surface area contributed by atoms with Gasteiger partial charge in [-0.25, -0.2) is 24.7 Å². The predicted octanol–water partition coefficient (Wildman–Crippen LogP) is 5.53. The zero-order valence-electron chi connectivity index (χ0n) is 29.4. The van der Waals surface area contributed by atoms with Gasteiger partial charge in [0.15, 0.2) is 0 Å². The number of carbonyl (C=O) groups is 4. The number of carboxylic acids is 1. The first-order valence-corrected chi connectivity index (χ1v) is 17.7. The SMILES string of the molecule is C[C@H](C(=O)O)N1Cc2ccc(-c3ccnc(Cl)n3)cc2C1=O.Cc1cccc([C@@H](CO)NC(=O)[C@@H](C)N2Cc3ccc(-c4ccnc(Cl)n4)cc3C2=O)c1. The second-order valence-electron chi connectivity index (χ2n) is 12.9. The Balaban J connectivity index is 0.000000197. The van der Waals surface area contributed by atoms with E-state index >= 15 is 0 Å². The van der Waals surface area contributed by atoms with Crippen LogP contribution in [0.4, 0.5) is 0 Å². The van der Waals surface area contributed by atoms with E-state index in [-0.39, 0.29) is 34.9 Å². The molecule has 0 saturated heterocycles. The molecule has 7 rings (SSSR count). The number of halogens is 2. The number of aromatic nitrogens is 4. The molecule has 276 valence electrons. The number of hydrogen-bond donors (Lipinski definition) is 3. The van der Waals surface area contributed by atoms with Gasteiger partial charge in [0.05, 0.1) is 24.0 Å². The van der Waals surface area contributed by atoms with E-state index < -0.39 is 24.1 Å². The highest BCUT2D eigenvalue weighted by Gasteiger charge is 2.36. The van der Waals surface area contributed by atoms with Crippen molar-refractivity contribution in [1.82, 2.24) is 35.1 Å². The zero-order valence-corrected chi connectivity index (χ0v) is 30.9. The second kappa shape index (κ2) is 16.1. The molecule has 0 saturated carbocycles. The molecule has 3 N–H and O–H groups in total. The van der Waals surface area contributed by atoms with Crippen molar-refractivity contribution >= 4 is 46.9 Å². The lowest BCUT2D eigenvalue weighted by Crippen LogP contribution is -2.46. The molecule has 13 nitrogen and oxygen atoms in total. The maximum Gasteiger partial charge on any atom is 0.326 e. The molecule has 3 aromatic carbocycles. The number of rotatable bonds is 9. The van der Waals surface area contributed by atoms with Gasteiger partial charge in [-0.2, -0.15) is 0 Å². The Hall–Kier alpha value is -5.76. The molecule has 0 radical (unpaired) electrons. The number of aliphatic carboxylic acids is 1. The molecule has 0 spiro atoms. The van der Waals surface area contributed by atoms with E-state index in [1.165, 1.54) is 16.7 Å². The molecule has 2 aromatic heterocycles. The number of aryl methyl sites for hydroxylation is 1. The summed E-state index contributed by atoms with van der Waals surface area (Å²) in [6.07, 6.45) is 3.10. The largest absolute Gasteiger partial charge is 0.480 e. The number of carboxylic acid groups (broad SMARTS) is 1. The van der Waals surface area contributed by atoms with Crippen molar-refractivity contribution in [3.63, 3.8) is 0 Å². The van der Waals surface area contributed by atoms with Gasteiger partial charge in [-0.3, -0.25) is 14.4 Å². The Morgan fingerprint density at radius 1 is 0.778 bits per heavy atom. The molecule has 0 unspecified atom stereocenters. The van der Waals surface area contributed by atoms with Crippen LogP contribution >= 0.6 is 23.2 Å². The van der Waals surface area contributed by atoms with Crippen LogP contribution < -0.4 is 5.32 Å². The number of fused-ring (bicyclic) bond motifs is 2. The summed E-state index contributed by atoms with van der Waals surface area (Å²) in [7, 11) is 0. The van der Waals surface area contributed by atoms with Crippen LogP contribution in [0.15, 0.2) is 85.2 Å². The molecule has 3 atom stereocenters. The Morgan fingerprint density at radius 3 is 1.76 bits per heavy atom. The van der Waals surface area contributed by atoms with Crippen LogP contribution in [-0.4, -0.2) is 82.3 Å². The van der Waals surface area contributed by atoms with Gasteiger partial charge in [-0.15, -0.1) is 0 Å². The number of aliphatic hydroxyl groups is 1. The van der Waals surface area contributed by atoms with E-state index in [1.807, 2.05) is 55.5 Å². The van der Waals surface area contributed by atoms with Gasteiger partial charge in [0.2, 0.25) is 16.5 Å². The van der Waals surface area contributed by atoms with Crippen molar-refractivity contribution in [1.29, 1.82) is 0 Å². The van der Waals surface area contributed by atoms with Gasteiger partial charge in [0, 0.05) is 47.7 Å². The van der Waals surface area contributed by atoms with Gasteiger partial charge in [-0.1, -0.05) is 54.1 Å². The summed E-state index contributed by atoms with van der Waals surface area (Å²) in [6.45, 7) is 5.54. The topological polar surface area (TPSA) is 179 Å². The van der Waals surface area contributed by atoms with Crippen LogP contribution in [0, 0.1) is 6.92 Å². The second-order valence-corrected chi connectivity index (χ2v) is 13.6. The van der Waals surface area contributed by atoms with Crippen LogP contribution in [-0.2, 0) is 22.7 Å². The highest BCUT2D eigenvalue weighted by Crippen LogP contribution is 2.31. The molecule has 2 aliphatic rings. The average molecular weight is 769 g/mol. The Morgan fingerprint density at radius 2 is 1.30 bits per heavy atom. The summed E-state index contributed by atoms with van der Waals surface area (Å²) in [4.78, 5) is 68.4. The first kappa shape index (κ1) is 38.0. The Kier molecular flexibility index (Phi) is 11.3. The number of nitrogens with one attached hydrogen (secondary N) is 1. The number of benzene rings is 3. The minimum Gasteiger partial charge on any atom is -0.480 e. The third-order valence-corrected chi connectivity index (χ3v) is 9.71. The lowest BCUT2D eigenvalue weighted by atomic mass is 10.0. The molecule has 0 aliphatic carbocycles. The van der Waals surface area contributed by atoms with Crippen LogP contribution in [0.1, 0.15) is 62.9 Å². The van der Waals surface area contributed by atoms with Crippen LogP contribution in [0.25, 0.3) is 22.5 Å². The number of aliphatic hydroxyl groups excluding tert-OH is 1. The van der Waals surface area contributed by atoms with Gasteiger partial charge in [-0.05, 0) is 84.9 Å². The molecule has 54 heavy (non-hydrogen) atoms. The number of amides is 3. The number of carbonyl (C=O) groups excluding carboxylic acids is 3. The minimum atomic E-state index is -1.02. The smallest absolute Gasteiger partial charge is 0.326 e. The van der Waals surface area contributed by atoms with Gasteiger partial charge in [0.25, 0.3) is 11.8 Å². The lowest BCUT2D eigenvalue weighted by Gasteiger charge is -2.26. The van der Waals surface area contributed by atoms with Crippen LogP contribution in [0.3, 0.4) is 0 Å². The van der Waals surface area contributed by atoms with Gasteiger partial charge < -0.3 is 25.3 Å². The average Bonchev–Trinajstić information content (AvgIpc) is 3.68. The minimum absolute atomic E-state index is 0.130. The van der Waals surface area contributed by atoms with Crippen molar-refractivity contribution < 1.29 is 29.4 Å². The predicted molar refractivity (Wildman–Crippen MR) is 200 cm³/mol. The normalized spacial score (nSPS) is 14.8. The van der Waals surface area contributed by atoms with Crippen LogP contribution in [0.2, 0.25) is 10.6 Å². The van der Waals surface area contributed by atoms with Gasteiger partial charge in [0.1, 0.15) is 12.1 Å². The van der Waals surface area contributed by atoms with Crippen molar-refractivity contribution in [2.45, 2.75) is 52.0 Å². The maximum absolute atomic E-state index is 13.1. The van der Waals surface area contributed by atoms with E-state index in [2.05, 4.69) is 25.3 Å². The summed E-state index contributed by atoms with van der Waals surface area (Å²) < 4.78 is 0. The lowest BCUT2D eigenvalue weighted by molar-refractivity contribution is -0.141. The van der Waals surface area contributed by atoms with Crippen molar-refractivity contribution in [2.24, 2.45) is 0 Å². The molecule has 2 aliphatic heterocycles. The fraction of sp³-hybridized carbons (Fsp3) is 0.231. The van der Waals surface area contributed by atoms with Crippen molar-refractivity contribution in [3.05, 3.63) is 129 Å². The van der Waals surface area contributed by atoms with E-state index in [4.69, 9.17) is 28.3 Å². The van der Waals surface area contributed by atoms with E-state index in [0.29, 0.717) is 35.6 Å². The third-order valence-electron chi connectivity index (χ3n) is 9.34. The molecule has 0 fully saturated rings. The Labute approximate surface area is 320 Å². The standard InChI is InChI=1S/C24H23ClN4O3.C15H12ClN3O3/c1-14-4-3-5-16(10-14)21(13-30)27-22(31)15(2)29-12-18-7-6-17(11-19(18)23(29)32)20-8-9-26-24(25)28-20;1-8(14(21)22)19-7-10-3-2-9(6-11(10)13(19)20)12-4-5-17-15(16)18-12/h3-11,15,21,30H,12-13H2,1-2H3,(H,27,31);2-6,8H,7H2,1H3,(H,21,22)/t15-,21-;8-/m11/s1. The highest BCUT2D eigenvalue weighted by molar-refractivity contribution is 6.28. The molecule has 15 heteroatoms. The fourth-order valence-electron chi connectivity index (χ4n) is 6.27. The van der Waals surface area contributed by atoms with Crippen LogP contribution in [0.5, 0.6) is 0 Å². The fourth-order valence-corrected chi connectivity index (χ4v) is 6.57. The molecule has 5 aromatic rings. The van der Waals surface area contributed by atoms with E-state index in [9.17, 15) is 24.3 Å². The molecule has 4 heterocycles. The number of nitrogens with zero attached hydrogens (tertiary/aromatic N) is 6. The summed E-state index contributed by atoms with van der Waals surface area (Å²) in [5, 5.41) is 22.0. The summed E-state index contributed by atoms with van der Waals surface area (Å²) >= 11 is 11.7. The molecular formula is C39H35Cl2N7O6. The van der Waals surface area contributed by atoms with E-state index in [1.54, 1.807) is 43.6 Å². The highest BCUT2D eigenvalue weighted by atomic mass is 35.5. The maximum atomic E-state index is 13.1.